The molecule has 0 saturated heterocycles. The molecule has 1 unspecified atom stereocenters. The molecule has 1 atom stereocenters. The molecule has 8 heteroatoms. The van der Waals surface area contributed by atoms with Gasteiger partial charge >= 0.3 is 6.18 Å². The monoisotopic (exact) mass is 516 g/mol. The number of nitroso groups, excluding NO2 is 1. The molecule has 0 saturated carbocycles. The predicted molar refractivity (Wildman–Crippen MR) is 124 cm³/mol. The minimum Gasteiger partial charge on any atom is -0.455 e. The van der Waals surface area contributed by atoms with Crippen LogP contribution in [0.3, 0.4) is 0 Å². The van der Waals surface area contributed by atoms with Gasteiger partial charge in [-0.15, -0.1) is 0 Å². The van der Waals surface area contributed by atoms with E-state index >= 15 is 0 Å². The van der Waals surface area contributed by atoms with Gasteiger partial charge in [-0.3, -0.25) is 4.90 Å². The maximum Gasteiger partial charge on any atom is 0.449 e. The van der Waals surface area contributed by atoms with Crippen molar-refractivity contribution >= 4 is 26.7 Å². The van der Waals surface area contributed by atoms with Crippen molar-refractivity contribution in [3.05, 3.63) is 111 Å². The second kappa shape index (κ2) is 9.89. The highest BCUT2D eigenvalue weighted by Crippen LogP contribution is 2.34. The Labute approximate surface area is 197 Å². The van der Waals surface area contributed by atoms with Gasteiger partial charge in [0.25, 0.3) is 0 Å². The van der Waals surface area contributed by atoms with Crippen LogP contribution in [0.1, 0.15) is 28.7 Å². The smallest absolute Gasteiger partial charge is 0.449 e. The van der Waals surface area contributed by atoms with Crippen molar-refractivity contribution in [1.82, 2.24) is 4.90 Å². The lowest BCUT2D eigenvalue weighted by molar-refractivity contribution is -0.153. The van der Waals surface area contributed by atoms with Gasteiger partial charge in [0, 0.05) is 11.0 Å². The first-order chi connectivity index (χ1) is 15.8. The van der Waals surface area contributed by atoms with Crippen molar-refractivity contribution in [3.63, 3.8) is 0 Å². The highest BCUT2D eigenvalue weighted by atomic mass is 79.9. The Kier molecular flexibility index (Phi) is 6.95. The molecule has 0 bridgehead atoms. The lowest BCUT2D eigenvalue weighted by Gasteiger charge is -2.31. The highest BCUT2D eigenvalue weighted by molar-refractivity contribution is 9.10. The quantitative estimate of drug-likeness (QED) is 0.225. The summed E-state index contributed by atoms with van der Waals surface area (Å²) in [5.74, 6) is -0.883. The third kappa shape index (κ3) is 5.51. The van der Waals surface area contributed by atoms with Crippen LogP contribution >= 0.6 is 15.9 Å². The molecule has 0 spiro atoms. The molecule has 0 amide bonds. The van der Waals surface area contributed by atoms with Crippen LogP contribution < -0.4 is 0 Å². The number of hydrogen-bond donors (Lipinski definition) is 0. The van der Waals surface area contributed by atoms with E-state index in [0.717, 1.165) is 32.4 Å². The third-order valence-electron chi connectivity index (χ3n) is 5.47. The summed E-state index contributed by atoms with van der Waals surface area (Å²) in [4.78, 5) is 13.4. The molecule has 3 aromatic carbocycles. The number of furan rings is 1. The molecular weight excluding hydrogens is 497 g/mol. The fraction of sp³-hybridized carbons (Fsp3) is 0.200. The van der Waals surface area contributed by atoms with Gasteiger partial charge in [-0.2, -0.15) is 18.1 Å². The fourth-order valence-corrected chi connectivity index (χ4v) is 4.20. The van der Waals surface area contributed by atoms with Crippen LogP contribution in [0, 0.1) is 4.91 Å². The molecule has 0 aliphatic carbocycles. The molecule has 4 rings (SSSR count). The number of rotatable bonds is 8. The number of fused-ring (bicyclic) bond motifs is 1. The maximum atomic E-state index is 13.1. The summed E-state index contributed by atoms with van der Waals surface area (Å²) in [7, 11) is 0. The van der Waals surface area contributed by atoms with Crippen LogP contribution in [0.5, 0.6) is 0 Å². The van der Waals surface area contributed by atoms with E-state index in [2.05, 4.69) is 21.1 Å². The first-order valence-electron chi connectivity index (χ1n) is 10.3. The molecule has 170 valence electrons. The van der Waals surface area contributed by atoms with Crippen molar-refractivity contribution in [2.75, 3.05) is 6.54 Å². The molecular formula is C25H20BrF3N2O2. The van der Waals surface area contributed by atoms with Crippen LogP contribution in [0.2, 0.25) is 0 Å². The Morgan fingerprint density at radius 2 is 1.64 bits per heavy atom. The zero-order valence-electron chi connectivity index (χ0n) is 17.4. The van der Waals surface area contributed by atoms with Crippen LogP contribution in [0.15, 0.2) is 92.9 Å². The summed E-state index contributed by atoms with van der Waals surface area (Å²) >= 11 is 3.41. The largest absolute Gasteiger partial charge is 0.455 e. The average molecular weight is 517 g/mol. The Morgan fingerprint density at radius 3 is 2.33 bits per heavy atom. The van der Waals surface area contributed by atoms with Crippen molar-refractivity contribution in [2.45, 2.75) is 25.3 Å². The standard InChI is InChI=1S/C25H20BrF3N2O2/c26-19-10-8-17(9-11-19)15-31(16-20-12-13-24(33-20)25(27,28)29)23(14-30-32)22-7-3-5-18-4-1-2-6-21(18)22/h1-13,23H,14-16H2. The van der Waals surface area contributed by atoms with Gasteiger partial charge in [0.1, 0.15) is 12.3 Å². The van der Waals surface area contributed by atoms with Gasteiger partial charge in [-0.1, -0.05) is 75.7 Å². The maximum absolute atomic E-state index is 13.1. The first-order valence-corrected chi connectivity index (χ1v) is 11.1. The predicted octanol–water partition coefficient (Wildman–Crippen LogP) is 7.72. The Morgan fingerprint density at radius 1 is 0.909 bits per heavy atom. The van der Waals surface area contributed by atoms with E-state index in [9.17, 15) is 18.1 Å². The SMILES string of the molecule is O=NCC(c1cccc2ccccc12)N(Cc1ccc(Br)cc1)Cc1ccc(C(F)(F)F)o1. The summed E-state index contributed by atoms with van der Waals surface area (Å²) < 4.78 is 45.2. The summed E-state index contributed by atoms with van der Waals surface area (Å²) in [6, 6.07) is 23.0. The fourth-order valence-electron chi connectivity index (χ4n) is 3.94. The lowest BCUT2D eigenvalue weighted by atomic mass is 9.97. The van der Waals surface area contributed by atoms with Crippen LogP contribution in [0.4, 0.5) is 13.2 Å². The van der Waals surface area contributed by atoms with Gasteiger partial charge in [0.15, 0.2) is 0 Å². The van der Waals surface area contributed by atoms with Gasteiger partial charge in [0.2, 0.25) is 5.76 Å². The summed E-state index contributed by atoms with van der Waals surface area (Å²) in [5.41, 5.74) is 1.82. The highest BCUT2D eigenvalue weighted by Gasteiger charge is 2.35. The van der Waals surface area contributed by atoms with Crippen molar-refractivity contribution < 1.29 is 17.6 Å². The molecule has 0 fully saturated rings. The molecule has 0 aliphatic heterocycles. The first kappa shape index (κ1) is 23.2. The van der Waals surface area contributed by atoms with Gasteiger partial charge in [0.05, 0.1) is 12.6 Å². The molecule has 0 radical (unpaired) electrons. The minimum absolute atomic E-state index is 0.0582. The third-order valence-corrected chi connectivity index (χ3v) is 6.00. The van der Waals surface area contributed by atoms with Crippen molar-refractivity contribution in [3.8, 4) is 0 Å². The van der Waals surface area contributed by atoms with Gasteiger partial charge in [-0.25, -0.2) is 0 Å². The van der Waals surface area contributed by atoms with E-state index in [1.807, 2.05) is 71.6 Å². The minimum atomic E-state index is -4.56. The van der Waals surface area contributed by atoms with Crippen LogP contribution in [-0.2, 0) is 19.3 Å². The molecule has 0 aliphatic rings. The van der Waals surface area contributed by atoms with Crippen molar-refractivity contribution in [1.29, 1.82) is 0 Å². The van der Waals surface area contributed by atoms with E-state index in [1.54, 1.807) is 0 Å². The van der Waals surface area contributed by atoms with E-state index in [-0.39, 0.29) is 18.8 Å². The zero-order valence-corrected chi connectivity index (χ0v) is 19.0. The zero-order chi connectivity index (χ0) is 23.4. The summed E-state index contributed by atoms with van der Waals surface area (Å²) in [5, 5.41) is 5.14. The molecule has 0 N–H and O–H groups in total. The Balaban J connectivity index is 1.75. The molecule has 1 aromatic heterocycles. The van der Waals surface area contributed by atoms with E-state index in [0.29, 0.717) is 6.54 Å². The van der Waals surface area contributed by atoms with E-state index in [4.69, 9.17) is 4.42 Å². The Bertz CT molecular complexity index is 1230. The van der Waals surface area contributed by atoms with Gasteiger partial charge < -0.3 is 4.42 Å². The molecule has 1 heterocycles. The van der Waals surface area contributed by atoms with Crippen LogP contribution in [0.25, 0.3) is 10.8 Å². The number of benzene rings is 3. The topological polar surface area (TPSA) is 45.8 Å². The van der Waals surface area contributed by atoms with Crippen molar-refractivity contribution in [2.24, 2.45) is 5.18 Å². The summed E-state index contributed by atoms with van der Waals surface area (Å²) in [6.45, 7) is 0.408. The van der Waals surface area contributed by atoms with E-state index < -0.39 is 18.0 Å². The number of halogens is 4. The number of nitrogens with zero attached hydrogens (tertiary/aromatic N) is 2. The van der Waals surface area contributed by atoms with E-state index in [1.165, 1.54) is 6.07 Å². The normalized spacial score (nSPS) is 12.9. The second-order valence-corrected chi connectivity index (χ2v) is 8.61. The Hall–Kier alpha value is -2.97. The molecule has 33 heavy (non-hydrogen) atoms. The molecule has 4 aromatic rings. The molecule has 4 nitrogen and oxygen atoms in total. The lowest BCUT2D eigenvalue weighted by Crippen LogP contribution is -2.30. The number of alkyl halides is 3. The van der Waals surface area contributed by atoms with Crippen LogP contribution in [-0.4, -0.2) is 11.4 Å². The van der Waals surface area contributed by atoms with Gasteiger partial charge in [-0.05, 0) is 46.2 Å². The number of hydrogen-bond acceptors (Lipinski definition) is 4. The second-order valence-electron chi connectivity index (χ2n) is 7.69. The summed E-state index contributed by atoms with van der Waals surface area (Å²) in [6.07, 6.45) is -4.56. The average Bonchev–Trinajstić information content (AvgIpc) is 3.28.